The smallest absolute Gasteiger partial charge is 0.223 e. The zero-order valence-electron chi connectivity index (χ0n) is 8.37. The van der Waals surface area contributed by atoms with Crippen LogP contribution >= 0.6 is 12.4 Å². The number of hydrogen-bond acceptors (Lipinski definition) is 2. The van der Waals surface area contributed by atoms with Crippen LogP contribution in [0.1, 0.15) is 38.5 Å². The van der Waals surface area contributed by atoms with E-state index >= 15 is 0 Å². The second-order valence-corrected chi connectivity index (χ2v) is 4.39. The number of halogens is 1. The molecule has 2 rings (SSSR count). The minimum absolute atomic E-state index is 0. The van der Waals surface area contributed by atoms with Crippen LogP contribution in [0.25, 0.3) is 0 Å². The fraction of sp³-hybridized carbons (Fsp3) is 0.900. The second-order valence-electron chi connectivity index (χ2n) is 4.39. The van der Waals surface area contributed by atoms with Crippen LogP contribution in [0.2, 0.25) is 0 Å². The molecule has 0 radical (unpaired) electrons. The molecule has 0 saturated heterocycles. The molecule has 4 heteroatoms. The van der Waals surface area contributed by atoms with Gasteiger partial charge in [-0.1, -0.05) is 0 Å². The van der Waals surface area contributed by atoms with Crippen molar-refractivity contribution in [3.63, 3.8) is 0 Å². The Bertz CT molecular complexity index is 198. The predicted molar refractivity (Wildman–Crippen MR) is 58.3 cm³/mol. The summed E-state index contributed by atoms with van der Waals surface area (Å²) in [6, 6.07) is 0.841. The standard InChI is InChI=1S/C10H18N2O.ClH/c11-8-3-1-7(2-4-8)10(13)12-9-5-6-9;/h7-9H,1-6,11H2,(H,12,13);1H/t7-,8-;. The molecule has 3 nitrogen and oxygen atoms in total. The third-order valence-electron chi connectivity index (χ3n) is 3.07. The maximum absolute atomic E-state index is 11.6. The first-order valence-electron chi connectivity index (χ1n) is 5.31. The molecular formula is C10H19ClN2O. The topological polar surface area (TPSA) is 55.1 Å². The van der Waals surface area contributed by atoms with Crippen LogP contribution in [0.5, 0.6) is 0 Å². The van der Waals surface area contributed by atoms with E-state index in [-0.39, 0.29) is 24.2 Å². The lowest BCUT2D eigenvalue weighted by Gasteiger charge is -2.25. The third-order valence-corrected chi connectivity index (χ3v) is 3.07. The summed E-state index contributed by atoms with van der Waals surface area (Å²) in [6.45, 7) is 0. The van der Waals surface area contributed by atoms with Gasteiger partial charge in [-0.2, -0.15) is 0 Å². The van der Waals surface area contributed by atoms with Gasteiger partial charge in [0.1, 0.15) is 0 Å². The van der Waals surface area contributed by atoms with Crippen LogP contribution in [0.3, 0.4) is 0 Å². The third kappa shape index (κ3) is 3.14. The molecule has 0 heterocycles. The maximum atomic E-state index is 11.6. The summed E-state index contributed by atoms with van der Waals surface area (Å²) < 4.78 is 0. The van der Waals surface area contributed by atoms with Crippen molar-refractivity contribution in [2.45, 2.75) is 50.6 Å². The highest BCUT2D eigenvalue weighted by Gasteiger charge is 2.29. The number of amides is 1. The molecule has 2 saturated carbocycles. The molecule has 3 N–H and O–H groups in total. The first-order chi connectivity index (χ1) is 6.25. The zero-order valence-corrected chi connectivity index (χ0v) is 9.19. The van der Waals surface area contributed by atoms with Crippen LogP contribution in [-0.4, -0.2) is 18.0 Å². The van der Waals surface area contributed by atoms with Crippen molar-refractivity contribution in [2.24, 2.45) is 11.7 Å². The second kappa shape index (κ2) is 4.99. The van der Waals surface area contributed by atoms with E-state index in [2.05, 4.69) is 5.32 Å². The summed E-state index contributed by atoms with van der Waals surface area (Å²) in [5.41, 5.74) is 5.78. The Morgan fingerprint density at radius 2 is 1.64 bits per heavy atom. The summed E-state index contributed by atoms with van der Waals surface area (Å²) in [4.78, 5) is 11.6. The molecule has 0 atom stereocenters. The SMILES string of the molecule is Cl.N[C@H]1CC[C@H](C(=O)NC2CC2)CC1. The first kappa shape index (κ1) is 11.8. The van der Waals surface area contributed by atoms with E-state index in [1.54, 1.807) is 0 Å². The van der Waals surface area contributed by atoms with Crippen molar-refractivity contribution in [1.82, 2.24) is 5.32 Å². The fourth-order valence-corrected chi connectivity index (χ4v) is 1.93. The molecule has 0 aromatic carbocycles. The van der Waals surface area contributed by atoms with Crippen LogP contribution in [-0.2, 0) is 4.79 Å². The molecule has 0 aromatic heterocycles. The van der Waals surface area contributed by atoms with Gasteiger partial charge in [0.05, 0.1) is 0 Å². The van der Waals surface area contributed by atoms with Crippen molar-refractivity contribution in [1.29, 1.82) is 0 Å². The van der Waals surface area contributed by atoms with Crippen LogP contribution in [0, 0.1) is 5.92 Å². The molecule has 82 valence electrons. The van der Waals surface area contributed by atoms with Gasteiger partial charge in [-0.15, -0.1) is 12.4 Å². The number of hydrogen-bond donors (Lipinski definition) is 2. The van der Waals surface area contributed by atoms with Gasteiger partial charge < -0.3 is 11.1 Å². The zero-order chi connectivity index (χ0) is 9.26. The van der Waals surface area contributed by atoms with Crippen molar-refractivity contribution in [2.75, 3.05) is 0 Å². The van der Waals surface area contributed by atoms with Gasteiger partial charge >= 0.3 is 0 Å². The lowest BCUT2D eigenvalue weighted by atomic mass is 9.86. The van der Waals surface area contributed by atoms with E-state index in [4.69, 9.17) is 5.73 Å². The van der Waals surface area contributed by atoms with E-state index in [1.807, 2.05) is 0 Å². The van der Waals surface area contributed by atoms with Crippen molar-refractivity contribution < 1.29 is 4.79 Å². The number of nitrogens with one attached hydrogen (secondary N) is 1. The monoisotopic (exact) mass is 218 g/mol. The Hall–Kier alpha value is -0.280. The Labute approximate surface area is 91.2 Å². The molecule has 2 aliphatic carbocycles. The Balaban J connectivity index is 0.000000980. The highest BCUT2D eigenvalue weighted by atomic mass is 35.5. The van der Waals surface area contributed by atoms with Gasteiger partial charge in [0, 0.05) is 18.0 Å². The van der Waals surface area contributed by atoms with Gasteiger partial charge in [-0.25, -0.2) is 0 Å². The summed E-state index contributed by atoms with van der Waals surface area (Å²) in [6.07, 6.45) is 6.36. The maximum Gasteiger partial charge on any atom is 0.223 e. The first-order valence-corrected chi connectivity index (χ1v) is 5.31. The van der Waals surface area contributed by atoms with E-state index in [9.17, 15) is 4.79 Å². The number of rotatable bonds is 2. The molecule has 0 aromatic rings. The van der Waals surface area contributed by atoms with Crippen LogP contribution in [0.4, 0.5) is 0 Å². The molecule has 0 unspecified atom stereocenters. The van der Waals surface area contributed by atoms with Gasteiger partial charge in [0.15, 0.2) is 0 Å². The summed E-state index contributed by atoms with van der Waals surface area (Å²) in [5, 5.41) is 3.06. The number of carbonyl (C=O) groups is 1. The largest absolute Gasteiger partial charge is 0.353 e. The highest BCUT2D eigenvalue weighted by molar-refractivity contribution is 5.85. The normalized spacial score (nSPS) is 31.8. The van der Waals surface area contributed by atoms with Crippen molar-refractivity contribution in [3.05, 3.63) is 0 Å². The summed E-state index contributed by atoms with van der Waals surface area (Å²) in [7, 11) is 0. The minimum atomic E-state index is 0. The van der Waals surface area contributed by atoms with Crippen LogP contribution in [0.15, 0.2) is 0 Å². The van der Waals surface area contributed by atoms with Gasteiger partial charge in [-0.05, 0) is 38.5 Å². The van der Waals surface area contributed by atoms with E-state index in [0.717, 1.165) is 25.7 Å². The quantitative estimate of drug-likeness (QED) is 0.732. The molecule has 14 heavy (non-hydrogen) atoms. The van der Waals surface area contributed by atoms with Gasteiger partial charge in [0.25, 0.3) is 0 Å². The molecule has 0 aliphatic heterocycles. The number of nitrogens with two attached hydrogens (primary N) is 1. The molecule has 2 fully saturated rings. The average molecular weight is 219 g/mol. The lowest BCUT2D eigenvalue weighted by Crippen LogP contribution is -2.37. The Morgan fingerprint density at radius 3 is 2.14 bits per heavy atom. The molecular weight excluding hydrogens is 200 g/mol. The molecule has 1 amide bonds. The number of carbonyl (C=O) groups excluding carboxylic acids is 1. The summed E-state index contributed by atoms with van der Waals surface area (Å²) >= 11 is 0. The lowest BCUT2D eigenvalue weighted by molar-refractivity contribution is -0.126. The molecule has 0 bridgehead atoms. The average Bonchev–Trinajstić information content (AvgIpc) is 2.89. The van der Waals surface area contributed by atoms with E-state index in [1.165, 1.54) is 12.8 Å². The van der Waals surface area contributed by atoms with E-state index < -0.39 is 0 Å². The van der Waals surface area contributed by atoms with E-state index in [0.29, 0.717) is 12.1 Å². The van der Waals surface area contributed by atoms with Crippen molar-refractivity contribution in [3.8, 4) is 0 Å². The van der Waals surface area contributed by atoms with Crippen molar-refractivity contribution >= 4 is 18.3 Å². The van der Waals surface area contributed by atoms with Crippen LogP contribution < -0.4 is 11.1 Å². The molecule has 2 aliphatic rings. The Morgan fingerprint density at radius 1 is 1.07 bits per heavy atom. The summed E-state index contributed by atoms with van der Waals surface area (Å²) in [5.74, 6) is 0.523. The Kier molecular flexibility index (Phi) is 4.20. The minimum Gasteiger partial charge on any atom is -0.353 e. The molecule has 0 spiro atoms. The van der Waals surface area contributed by atoms with Gasteiger partial charge in [0.2, 0.25) is 5.91 Å². The fourth-order valence-electron chi connectivity index (χ4n) is 1.93. The highest BCUT2D eigenvalue weighted by Crippen LogP contribution is 2.25. The van der Waals surface area contributed by atoms with Gasteiger partial charge in [-0.3, -0.25) is 4.79 Å². The predicted octanol–water partition coefficient (Wildman–Crippen LogP) is 1.20.